The van der Waals surface area contributed by atoms with Crippen LogP contribution < -0.4 is 0 Å². The van der Waals surface area contributed by atoms with Gasteiger partial charge in [0.15, 0.2) is 0 Å². The lowest BCUT2D eigenvalue weighted by Crippen LogP contribution is -2.08. The molecule has 0 atom stereocenters. The number of ether oxygens (including phenoxy) is 1. The SMILES string of the molecule is COC1(c2ccc(Br)c(F)c2)CC1. The largest absolute Gasteiger partial charge is 0.374 e. The van der Waals surface area contributed by atoms with E-state index in [0.29, 0.717) is 4.47 Å². The van der Waals surface area contributed by atoms with Gasteiger partial charge < -0.3 is 4.74 Å². The standard InChI is InChI=1S/C10H10BrFO/c1-13-10(4-5-10)7-2-3-8(11)9(12)6-7/h2-3,6H,4-5H2,1H3. The summed E-state index contributed by atoms with van der Waals surface area (Å²) in [5.74, 6) is -0.221. The van der Waals surface area contributed by atoms with Crippen molar-refractivity contribution in [3.05, 3.63) is 34.1 Å². The predicted molar refractivity (Wildman–Crippen MR) is 52.0 cm³/mol. The van der Waals surface area contributed by atoms with E-state index in [1.165, 1.54) is 0 Å². The summed E-state index contributed by atoms with van der Waals surface area (Å²) in [6.07, 6.45) is 1.98. The van der Waals surface area contributed by atoms with Crippen molar-refractivity contribution >= 4 is 15.9 Å². The van der Waals surface area contributed by atoms with Crippen LogP contribution in [0, 0.1) is 5.82 Å². The Morgan fingerprint density at radius 1 is 1.46 bits per heavy atom. The van der Waals surface area contributed by atoms with E-state index in [1.54, 1.807) is 19.2 Å². The fourth-order valence-electron chi connectivity index (χ4n) is 1.50. The van der Waals surface area contributed by atoms with Crippen molar-refractivity contribution in [3.8, 4) is 0 Å². The minimum atomic E-state index is -0.221. The monoisotopic (exact) mass is 244 g/mol. The first-order chi connectivity index (χ1) is 6.18. The van der Waals surface area contributed by atoms with E-state index in [4.69, 9.17) is 4.74 Å². The third kappa shape index (κ3) is 1.51. The molecule has 1 aromatic carbocycles. The lowest BCUT2D eigenvalue weighted by atomic mass is 10.1. The molecule has 0 N–H and O–H groups in total. The number of rotatable bonds is 2. The molecule has 1 nitrogen and oxygen atoms in total. The first kappa shape index (κ1) is 9.16. The van der Waals surface area contributed by atoms with Crippen molar-refractivity contribution in [2.75, 3.05) is 7.11 Å². The number of methoxy groups -OCH3 is 1. The summed E-state index contributed by atoms with van der Waals surface area (Å²) in [7, 11) is 1.67. The quantitative estimate of drug-likeness (QED) is 0.777. The van der Waals surface area contributed by atoms with E-state index >= 15 is 0 Å². The van der Waals surface area contributed by atoms with Crippen molar-refractivity contribution in [2.45, 2.75) is 18.4 Å². The first-order valence-electron chi connectivity index (χ1n) is 4.19. The molecule has 0 radical (unpaired) electrons. The van der Waals surface area contributed by atoms with Gasteiger partial charge in [-0.25, -0.2) is 4.39 Å². The van der Waals surface area contributed by atoms with Crippen LogP contribution in [0.25, 0.3) is 0 Å². The Morgan fingerprint density at radius 2 is 2.15 bits per heavy atom. The Morgan fingerprint density at radius 3 is 2.62 bits per heavy atom. The molecule has 0 amide bonds. The van der Waals surface area contributed by atoms with Crippen molar-refractivity contribution in [3.63, 3.8) is 0 Å². The highest BCUT2D eigenvalue weighted by Gasteiger charge is 2.44. The highest BCUT2D eigenvalue weighted by Crippen LogP contribution is 2.48. The van der Waals surface area contributed by atoms with Crippen LogP contribution in [-0.4, -0.2) is 7.11 Å². The first-order valence-corrected chi connectivity index (χ1v) is 4.98. The Hall–Kier alpha value is -0.410. The summed E-state index contributed by atoms with van der Waals surface area (Å²) in [5, 5.41) is 0. The van der Waals surface area contributed by atoms with Crippen LogP contribution in [0.5, 0.6) is 0 Å². The number of halogens is 2. The molecular formula is C10H10BrFO. The predicted octanol–water partition coefficient (Wildman–Crippen LogP) is 3.22. The second-order valence-corrected chi connectivity index (χ2v) is 4.18. The molecule has 1 aromatic rings. The number of hydrogen-bond donors (Lipinski definition) is 0. The molecule has 13 heavy (non-hydrogen) atoms. The van der Waals surface area contributed by atoms with Gasteiger partial charge in [0.05, 0.1) is 10.1 Å². The third-order valence-corrected chi connectivity index (χ3v) is 3.18. The van der Waals surface area contributed by atoms with Crippen LogP contribution in [0.1, 0.15) is 18.4 Å². The molecule has 70 valence electrons. The molecule has 0 spiro atoms. The van der Waals surface area contributed by atoms with Gasteiger partial charge in [-0.3, -0.25) is 0 Å². The topological polar surface area (TPSA) is 9.23 Å². The van der Waals surface area contributed by atoms with Gasteiger partial charge in [-0.1, -0.05) is 6.07 Å². The van der Waals surface area contributed by atoms with Crippen LogP contribution in [-0.2, 0) is 10.3 Å². The summed E-state index contributed by atoms with van der Waals surface area (Å²) in [6, 6.07) is 5.17. The Kier molecular flexibility index (Phi) is 2.16. The van der Waals surface area contributed by atoms with E-state index in [2.05, 4.69) is 15.9 Å². The van der Waals surface area contributed by atoms with Gasteiger partial charge in [0, 0.05) is 7.11 Å². The molecule has 0 saturated heterocycles. The van der Waals surface area contributed by atoms with Gasteiger partial charge in [0.1, 0.15) is 5.82 Å². The molecule has 1 aliphatic rings. The van der Waals surface area contributed by atoms with Gasteiger partial charge in [0.25, 0.3) is 0 Å². The molecule has 3 heteroatoms. The molecule has 2 rings (SSSR count). The highest BCUT2D eigenvalue weighted by atomic mass is 79.9. The van der Waals surface area contributed by atoms with Gasteiger partial charge in [-0.05, 0) is 46.5 Å². The normalized spacial score (nSPS) is 18.7. The van der Waals surface area contributed by atoms with Gasteiger partial charge in [-0.2, -0.15) is 0 Å². The zero-order valence-corrected chi connectivity index (χ0v) is 8.90. The fourth-order valence-corrected chi connectivity index (χ4v) is 1.75. The summed E-state index contributed by atoms with van der Waals surface area (Å²) in [4.78, 5) is 0. The van der Waals surface area contributed by atoms with Crippen molar-refractivity contribution in [1.82, 2.24) is 0 Å². The van der Waals surface area contributed by atoms with Crippen molar-refractivity contribution in [1.29, 1.82) is 0 Å². The third-order valence-electron chi connectivity index (χ3n) is 2.54. The summed E-state index contributed by atoms with van der Waals surface area (Å²) >= 11 is 3.12. The minimum absolute atomic E-state index is 0.193. The molecule has 1 saturated carbocycles. The van der Waals surface area contributed by atoms with Crippen molar-refractivity contribution < 1.29 is 9.13 Å². The maximum atomic E-state index is 13.2. The maximum Gasteiger partial charge on any atom is 0.137 e. The smallest absolute Gasteiger partial charge is 0.137 e. The second-order valence-electron chi connectivity index (χ2n) is 3.33. The molecule has 0 unspecified atom stereocenters. The Balaban J connectivity index is 2.37. The number of hydrogen-bond acceptors (Lipinski definition) is 1. The molecule has 0 aromatic heterocycles. The van der Waals surface area contributed by atoms with E-state index in [9.17, 15) is 4.39 Å². The molecule has 0 heterocycles. The van der Waals surface area contributed by atoms with E-state index in [-0.39, 0.29) is 11.4 Å². The van der Waals surface area contributed by atoms with Crippen LogP contribution in [0.3, 0.4) is 0 Å². The molecule has 0 bridgehead atoms. The minimum Gasteiger partial charge on any atom is -0.374 e. The molecular weight excluding hydrogens is 235 g/mol. The van der Waals surface area contributed by atoms with Gasteiger partial charge in [-0.15, -0.1) is 0 Å². The van der Waals surface area contributed by atoms with Crippen molar-refractivity contribution in [2.24, 2.45) is 0 Å². The Labute approximate surface area is 85.0 Å². The van der Waals surface area contributed by atoms with E-state index in [0.717, 1.165) is 18.4 Å². The summed E-state index contributed by atoms with van der Waals surface area (Å²) in [5.41, 5.74) is 0.748. The molecule has 1 fully saturated rings. The molecule has 1 aliphatic carbocycles. The van der Waals surface area contributed by atoms with E-state index in [1.807, 2.05) is 6.07 Å². The van der Waals surface area contributed by atoms with Gasteiger partial charge in [0.2, 0.25) is 0 Å². The van der Waals surface area contributed by atoms with E-state index < -0.39 is 0 Å². The average molecular weight is 245 g/mol. The molecule has 0 aliphatic heterocycles. The van der Waals surface area contributed by atoms with Crippen LogP contribution in [0.4, 0.5) is 4.39 Å². The summed E-state index contributed by atoms with van der Waals surface area (Å²) < 4.78 is 19.0. The average Bonchev–Trinajstić information content (AvgIpc) is 2.90. The fraction of sp³-hybridized carbons (Fsp3) is 0.400. The second kappa shape index (κ2) is 3.07. The van der Waals surface area contributed by atoms with Gasteiger partial charge >= 0.3 is 0 Å². The maximum absolute atomic E-state index is 13.2. The van der Waals surface area contributed by atoms with Crippen LogP contribution >= 0.6 is 15.9 Å². The lowest BCUT2D eigenvalue weighted by molar-refractivity contribution is 0.0786. The summed E-state index contributed by atoms with van der Waals surface area (Å²) in [6.45, 7) is 0. The zero-order chi connectivity index (χ0) is 9.47. The lowest BCUT2D eigenvalue weighted by Gasteiger charge is -2.13. The highest BCUT2D eigenvalue weighted by molar-refractivity contribution is 9.10. The zero-order valence-electron chi connectivity index (χ0n) is 7.31. The number of benzene rings is 1. The Bertz CT molecular complexity index is 334. The van der Waals surface area contributed by atoms with Crippen LogP contribution in [0.15, 0.2) is 22.7 Å². The van der Waals surface area contributed by atoms with Crippen LogP contribution in [0.2, 0.25) is 0 Å².